The largest absolute Gasteiger partial charge is 0.508 e. The number of piperidine rings is 1. The van der Waals surface area contributed by atoms with Gasteiger partial charge in [0.05, 0.1) is 17.0 Å². The van der Waals surface area contributed by atoms with E-state index in [4.69, 9.17) is 4.99 Å². The first-order valence-corrected chi connectivity index (χ1v) is 22.9. The Kier molecular flexibility index (Phi) is 10.7. The van der Waals surface area contributed by atoms with Crippen LogP contribution in [0.1, 0.15) is 99.5 Å². The lowest BCUT2D eigenvalue weighted by Crippen LogP contribution is -2.55. The summed E-state index contributed by atoms with van der Waals surface area (Å²) in [6, 6.07) is 22.5. The number of benzene rings is 4. The number of aryl methyl sites for hydroxylation is 3. The Morgan fingerprint density at radius 2 is 1.52 bits per heavy atom. The number of nitrogens with zero attached hydrogens (tertiary/aromatic N) is 7. The average molecular weight is 872 g/mol. The molecule has 1 aliphatic carbocycles. The van der Waals surface area contributed by atoms with Gasteiger partial charge in [-0.05, 0) is 130 Å². The molecule has 326 valence electrons. The van der Waals surface area contributed by atoms with E-state index in [0.29, 0.717) is 58.4 Å². The first kappa shape index (κ1) is 41.5. The molecule has 0 unspecified atom stereocenters. The number of aromatic nitrogens is 3. The van der Waals surface area contributed by atoms with Gasteiger partial charge in [-0.1, -0.05) is 30.3 Å². The molecule has 6 aromatic rings. The molecule has 0 amide bonds. The normalized spacial score (nSPS) is 21.1. The third-order valence-electron chi connectivity index (χ3n) is 14.1. The summed E-state index contributed by atoms with van der Waals surface area (Å²) in [7, 11) is 0. The molecule has 2 aromatic heterocycles. The zero-order valence-corrected chi connectivity index (χ0v) is 36.9. The average Bonchev–Trinajstić information content (AvgIpc) is 3.77. The van der Waals surface area contributed by atoms with Crippen LogP contribution < -0.4 is 9.80 Å². The highest BCUT2D eigenvalue weighted by atomic mass is 32.1. The van der Waals surface area contributed by atoms with Crippen LogP contribution in [0.4, 0.5) is 24.5 Å². The van der Waals surface area contributed by atoms with Gasteiger partial charge in [0.2, 0.25) is 0 Å². The van der Waals surface area contributed by atoms with E-state index in [9.17, 15) is 14.6 Å². The van der Waals surface area contributed by atoms with Gasteiger partial charge in [0.1, 0.15) is 40.1 Å². The van der Waals surface area contributed by atoms with Crippen molar-refractivity contribution in [3.05, 3.63) is 152 Å². The molecule has 0 saturated carbocycles. The van der Waals surface area contributed by atoms with Gasteiger partial charge in [-0.15, -0.1) is 21.5 Å². The topological polar surface area (TPSA) is 93.2 Å². The second kappa shape index (κ2) is 16.2. The summed E-state index contributed by atoms with van der Waals surface area (Å²) in [5, 5.41) is 32.0. The summed E-state index contributed by atoms with van der Waals surface area (Å²) in [4.78, 5) is 12.9. The zero-order chi connectivity index (χ0) is 43.7. The fourth-order valence-corrected chi connectivity index (χ4v) is 11.7. The van der Waals surface area contributed by atoms with Crippen LogP contribution in [0.2, 0.25) is 0 Å². The molecule has 9 nitrogen and oxygen atoms in total. The molecule has 5 heterocycles. The molecular weight excluding hydrogens is 820 g/mol. The first-order chi connectivity index (χ1) is 30.3. The lowest BCUT2D eigenvalue weighted by Gasteiger charge is -2.44. The maximum Gasteiger partial charge on any atom is 0.162 e. The van der Waals surface area contributed by atoms with Gasteiger partial charge in [-0.3, -0.25) is 14.5 Å². The molecule has 4 aliphatic rings. The van der Waals surface area contributed by atoms with Crippen LogP contribution in [0.5, 0.6) is 5.75 Å². The van der Waals surface area contributed by atoms with Gasteiger partial charge in [0, 0.05) is 79.5 Å². The Hall–Kier alpha value is -5.50. The number of rotatable bonds is 7. The summed E-state index contributed by atoms with van der Waals surface area (Å²) in [6.45, 7) is 12.6. The van der Waals surface area contributed by atoms with Crippen LogP contribution in [-0.2, 0) is 6.42 Å². The minimum atomic E-state index is -0.848. The number of hydrogen-bond acceptors (Lipinski definition) is 9. The van der Waals surface area contributed by atoms with Gasteiger partial charge < -0.3 is 20.0 Å². The standard InChI is InChI=1S/C50H52F3N7O2S/c1-29-31(3)63-49-45(29)47(54-30(2)48-56-55-32(4)60(48)49)34-7-12-37(13-8-34)58-19-17-50(62,18-20-58)28-57-21-23-59(24-22-57)44-27-42(52)41(26-43(44)53)46-39(33-5-10-36(51)11-6-33)15-9-35-25-38(61)14-16-40(35)46/h5-8,10-14,16,25-27,30,39,46,61-62H,9,15,17-24,28H2,1-4H3/t30-,39+,46-/m0/s1. The van der Waals surface area contributed by atoms with Crippen LogP contribution in [-0.4, -0.2) is 87.0 Å². The lowest BCUT2D eigenvalue weighted by atomic mass is 9.69. The minimum Gasteiger partial charge on any atom is -0.508 e. The van der Waals surface area contributed by atoms with E-state index >= 15 is 8.78 Å². The number of phenols is 1. The summed E-state index contributed by atoms with van der Waals surface area (Å²) in [6.07, 6.45) is 2.56. The number of thiophene rings is 1. The van der Waals surface area contributed by atoms with Crippen molar-refractivity contribution in [2.24, 2.45) is 4.99 Å². The predicted molar refractivity (Wildman–Crippen MR) is 243 cm³/mol. The zero-order valence-electron chi connectivity index (χ0n) is 36.1. The molecule has 13 heteroatoms. The number of β-amino-alcohol motifs (C(OH)–C–C–N with tert-alkyl or cyclic N) is 1. The van der Waals surface area contributed by atoms with Crippen molar-refractivity contribution in [2.45, 2.75) is 76.9 Å². The SMILES string of the molecule is Cc1sc2c(c1C)C(c1ccc(N3CCC(O)(CN4CCN(c5cc(F)c([C@@H]6c7ccc(O)cc7CC[C@@H]6c6ccc(F)cc6)cc5F)CC4)CC3)cc1)=N[C@@H](C)c1nnc(C)n1-2. The Bertz CT molecular complexity index is 2720. The number of aliphatic imine (C=N–C) groups is 1. The number of anilines is 2. The second-order valence-corrected chi connectivity index (χ2v) is 19.2. The van der Waals surface area contributed by atoms with Crippen LogP contribution in [0, 0.1) is 38.2 Å². The van der Waals surface area contributed by atoms with Crippen molar-refractivity contribution in [3.63, 3.8) is 0 Å². The Balaban J connectivity index is 0.784. The van der Waals surface area contributed by atoms with E-state index in [1.807, 2.05) is 11.8 Å². The van der Waals surface area contributed by atoms with E-state index in [1.165, 1.54) is 34.7 Å². The number of phenolic OH excluding ortho intramolecular Hbond substituents is 1. The Labute approximate surface area is 370 Å². The quantitative estimate of drug-likeness (QED) is 0.165. The van der Waals surface area contributed by atoms with Gasteiger partial charge in [0.15, 0.2) is 5.82 Å². The molecule has 63 heavy (non-hydrogen) atoms. The lowest BCUT2D eigenvalue weighted by molar-refractivity contribution is -0.0173. The second-order valence-electron chi connectivity index (χ2n) is 18.0. The van der Waals surface area contributed by atoms with E-state index in [1.54, 1.807) is 41.7 Å². The van der Waals surface area contributed by atoms with Crippen LogP contribution >= 0.6 is 11.3 Å². The van der Waals surface area contributed by atoms with Crippen molar-refractivity contribution >= 4 is 28.4 Å². The highest BCUT2D eigenvalue weighted by Gasteiger charge is 2.38. The molecule has 3 atom stereocenters. The molecule has 0 spiro atoms. The Morgan fingerprint density at radius 1 is 0.794 bits per heavy atom. The smallest absolute Gasteiger partial charge is 0.162 e. The van der Waals surface area contributed by atoms with Crippen molar-refractivity contribution in [1.29, 1.82) is 0 Å². The van der Waals surface area contributed by atoms with Crippen molar-refractivity contribution < 1.29 is 23.4 Å². The number of halogens is 3. The Morgan fingerprint density at radius 3 is 2.25 bits per heavy atom. The number of fused-ring (bicyclic) bond motifs is 4. The number of aliphatic hydroxyl groups is 1. The molecule has 2 N–H and O–H groups in total. The van der Waals surface area contributed by atoms with Crippen molar-refractivity contribution in [3.8, 4) is 10.8 Å². The molecular formula is C50H52F3N7O2S. The highest BCUT2D eigenvalue weighted by molar-refractivity contribution is 7.15. The summed E-state index contributed by atoms with van der Waals surface area (Å²) >= 11 is 1.76. The van der Waals surface area contributed by atoms with Crippen LogP contribution in [0.25, 0.3) is 5.00 Å². The maximum absolute atomic E-state index is 16.4. The van der Waals surface area contributed by atoms with Gasteiger partial charge in [-0.25, -0.2) is 13.2 Å². The highest BCUT2D eigenvalue weighted by Crippen LogP contribution is 2.48. The third-order valence-corrected chi connectivity index (χ3v) is 15.3. The van der Waals surface area contributed by atoms with Crippen LogP contribution in [0.3, 0.4) is 0 Å². The van der Waals surface area contributed by atoms with Crippen molar-refractivity contribution in [2.75, 3.05) is 55.6 Å². The van der Waals surface area contributed by atoms with E-state index in [-0.39, 0.29) is 34.8 Å². The number of hydrogen-bond donors (Lipinski definition) is 2. The molecule has 2 saturated heterocycles. The summed E-state index contributed by atoms with van der Waals surface area (Å²) < 4.78 is 48.6. The third kappa shape index (κ3) is 7.61. The monoisotopic (exact) mass is 871 g/mol. The van der Waals surface area contributed by atoms with Gasteiger partial charge in [0.25, 0.3) is 0 Å². The molecule has 0 radical (unpaired) electrons. The van der Waals surface area contributed by atoms with E-state index in [2.05, 4.69) is 69.6 Å². The fraction of sp³-hybridized carbons (Fsp3) is 0.380. The number of piperazine rings is 1. The molecule has 3 aliphatic heterocycles. The maximum atomic E-state index is 16.4. The van der Waals surface area contributed by atoms with Crippen molar-refractivity contribution in [1.82, 2.24) is 19.7 Å². The number of aromatic hydroxyl groups is 1. The molecule has 0 bridgehead atoms. The van der Waals surface area contributed by atoms with Crippen LogP contribution in [0.15, 0.2) is 83.9 Å². The van der Waals surface area contributed by atoms with E-state index < -0.39 is 23.2 Å². The van der Waals surface area contributed by atoms with Gasteiger partial charge in [-0.2, -0.15) is 0 Å². The predicted octanol–water partition coefficient (Wildman–Crippen LogP) is 9.30. The fourth-order valence-electron chi connectivity index (χ4n) is 10.5. The molecule has 2 fully saturated rings. The molecule has 4 aromatic carbocycles. The summed E-state index contributed by atoms with van der Waals surface area (Å²) in [5.41, 5.74) is 7.76. The summed E-state index contributed by atoms with van der Waals surface area (Å²) in [5.74, 6) is -0.176. The minimum absolute atomic E-state index is 0.135. The van der Waals surface area contributed by atoms with E-state index in [0.717, 1.165) is 69.0 Å². The first-order valence-electron chi connectivity index (χ1n) is 22.1. The van der Waals surface area contributed by atoms with Gasteiger partial charge >= 0.3 is 0 Å². The molecule has 10 rings (SSSR count).